The number of nitrogens with one attached hydrogen (secondary N) is 1. The molecule has 5 heteroatoms. The maximum absolute atomic E-state index is 12.8. The first kappa shape index (κ1) is 18.1. The van der Waals surface area contributed by atoms with Gasteiger partial charge in [0.25, 0.3) is 11.8 Å². The fraction of sp³-hybridized carbons (Fsp3) is 0.381. The third-order valence-electron chi connectivity index (χ3n) is 4.78. The van der Waals surface area contributed by atoms with Crippen LogP contribution in [0.1, 0.15) is 59.0 Å². The zero-order valence-corrected chi connectivity index (χ0v) is 15.2. The van der Waals surface area contributed by atoms with E-state index in [1.165, 1.54) is 19.0 Å². The minimum Gasteiger partial charge on any atom is -0.339 e. The van der Waals surface area contributed by atoms with Crippen LogP contribution < -0.4 is 5.32 Å². The van der Waals surface area contributed by atoms with E-state index in [4.69, 9.17) is 0 Å². The second kappa shape index (κ2) is 8.61. The number of carbonyl (C=O) groups is 2. The molecule has 1 aliphatic heterocycles. The minimum atomic E-state index is -0.295. The Kier molecular flexibility index (Phi) is 6.00. The van der Waals surface area contributed by atoms with Gasteiger partial charge in [-0.25, -0.2) is 0 Å². The first-order chi connectivity index (χ1) is 12.7. The molecule has 136 valence electrons. The van der Waals surface area contributed by atoms with Gasteiger partial charge in [-0.2, -0.15) is 0 Å². The van der Waals surface area contributed by atoms with Crippen molar-refractivity contribution in [2.45, 2.75) is 39.0 Å². The number of hydrogen-bond donors (Lipinski definition) is 1. The summed E-state index contributed by atoms with van der Waals surface area (Å²) in [6.45, 7) is 3.61. The number of carbonyl (C=O) groups excluding carboxylic acids is 2. The zero-order chi connectivity index (χ0) is 18.4. The summed E-state index contributed by atoms with van der Waals surface area (Å²) >= 11 is 0. The molecule has 1 aliphatic rings. The summed E-state index contributed by atoms with van der Waals surface area (Å²) < 4.78 is 0. The van der Waals surface area contributed by atoms with E-state index in [0.29, 0.717) is 5.56 Å². The van der Waals surface area contributed by atoms with Gasteiger partial charge in [-0.05, 0) is 43.0 Å². The van der Waals surface area contributed by atoms with Crippen molar-refractivity contribution in [1.29, 1.82) is 0 Å². The standard InChI is InChI=1S/C21H25N3O2/c1-2-16-9-5-6-10-18(16)23-20(25)19-15-17(11-12-22-19)21(26)24-13-7-3-4-8-14-24/h5-6,9-12,15H,2-4,7-8,13-14H2,1H3,(H,23,25). The smallest absolute Gasteiger partial charge is 0.274 e. The third-order valence-corrected chi connectivity index (χ3v) is 4.78. The van der Waals surface area contributed by atoms with Crippen LogP contribution in [0.15, 0.2) is 42.6 Å². The lowest BCUT2D eigenvalue weighted by atomic mass is 10.1. The molecule has 0 saturated carbocycles. The monoisotopic (exact) mass is 351 g/mol. The van der Waals surface area contributed by atoms with E-state index in [1.54, 1.807) is 12.1 Å². The van der Waals surface area contributed by atoms with E-state index >= 15 is 0 Å². The molecular weight excluding hydrogens is 326 g/mol. The minimum absolute atomic E-state index is 0.0164. The number of hydrogen-bond acceptors (Lipinski definition) is 3. The van der Waals surface area contributed by atoms with Crippen molar-refractivity contribution in [3.8, 4) is 0 Å². The normalized spacial score (nSPS) is 14.6. The lowest BCUT2D eigenvalue weighted by Gasteiger charge is -2.20. The first-order valence-electron chi connectivity index (χ1n) is 9.33. The Labute approximate surface area is 154 Å². The third kappa shape index (κ3) is 4.28. The summed E-state index contributed by atoms with van der Waals surface area (Å²) in [6.07, 6.45) is 6.79. The van der Waals surface area contributed by atoms with Crippen LogP contribution in [0, 0.1) is 0 Å². The number of benzene rings is 1. The molecule has 0 radical (unpaired) electrons. The molecule has 2 heterocycles. The van der Waals surface area contributed by atoms with Crippen molar-refractivity contribution in [2.24, 2.45) is 0 Å². The quantitative estimate of drug-likeness (QED) is 0.908. The van der Waals surface area contributed by atoms with Crippen molar-refractivity contribution in [3.05, 3.63) is 59.4 Å². The molecule has 0 atom stereocenters. The van der Waals surface area contributed by atoms with Crippen molar-refractivity contribution in [3.63, 3.8) is 0 Å². The Morgan fingerprint density at radius 2 is 1.81 bits per heavy atom. The molecular formula is C21H25N3O2. The number of rotatable bonds is 4. The Hall–Kier alpha value is -2.69. The molecule has 1 fully saturated rings. The maximum atomic E-state index is 12.8. The molecule has 0 spiro atoms. The SMILES string of the molecule is CCc1ccccc1NC(=O)c1cc(C(=O)N2CCCCCC2)ccn1. The van der Waals surface area contributed by atoms with E-state index in [1.807, 2.05) is 36.1 Å². The van der Waals surface area contributed by atoms with Crippen LogP contribution in [0.2, 0.25) is 0 Å². The molecule has 5 nitrogen and oxygen atoms in total. The van der Waals surface area contributed by atoms with E-state index in [2.05, 4.69) is 10.3 Å². The highest BCUT2D eigenvalue weighted by Gasteiger charge is 2.19. The Balaban J connectivity index is 1.75. The predicted molar refractivity (Wildman–Crippen MR) is 102 cm³/mol. The molecule has 2 aromatic rings. The number of amides is 2. The molecule has 26 heavy (non-hydrogen) atoms. The predicted octanol–water partition coefficient (Wildman–Crippen LogP) is 3.91. The molecule has 2 amide bonds. The van der Waals surface area contributed by atoms with Gasteiger partial charge < -0.3 is 10.2 Å². The van der Waals surface area contributed by atoms with Gasteiger partial charge in [0.2, 0.25) is 0 Å². The van der Waals surface area contributed by atoms with Gasteiger partial charge in [-0.1, -0.05) is 38.0 Å². The molecule has 3 rings (SSSR count). The number of para-hydroxylation sites is 1. The van der Waals surface area contributed by atoms with Gasteiger partial charge in [0.05, 0.1) is 0 Å². The molecule has 1 aromatic carbocycles. The van der Waals surface area contributed by atoms with Crippen LogP contribution in [-0.2, 0) is 6.42 Å². The summed E-state index contributed by atoms with van der Waals surface area (Å²) in [6, 6.07) is 11.0. The number of aryl methyl sites for hydroxylation is 1. The van der Waals surface area contributed by atoms with Crippen molar-refractivity contribution in [2.75, 3.05) is 18.4 Å². The van der Waals surface area contributed by atoms with Gasteiger partial charge in [0, 0.05) is 30.5 Å². The zero-order valence-electron chi connectivity index (χ0n) is 15.2. The highest BCUT2D eigenvalue weighted by molar-refractivity contribution is 6.05. The van der Waals surface area contributed by atoms with Gasteiger partial charge >= 0.3 is 0 Å². The molecule has 1 aromatic heterocycles. The summed E-state index contributed by atoms with van der Waals surface area (Å²) in [5.41, 5.74) is 2.64. The summed E-state index contributed by atoms with van der Waals surface area (Å²) in [4.78, 5) is 31.4. The van der Waals surface area contributed by atoms with Gasteiger partial charge in [-0.15, -0.1) is 0 Å². The highest BCUT2D eigenvalue weighted by atomic mass is 16.2. The van der Waals surface area contributed by atoms with E-state index in [-0.39, 0.29) is 17.5 Å². The second-order valence-electron chi connectivity index (χ2n) is 6.60. The van der Waals surface area contributed by atoms with E-state index < -0.39 is 0 Å². The fourth-order valence-electron chi connectivity index (χ4n) is 3.28. The van der Waals surface area contributed by atoms with E-state index in [0.717, 1.165) is 43.6 Å². The van der Waals surface area contributed by atoms with Gasteiger partial charge in [-0.3, -0.25) is 14.6 Å². The topological polar surface area (TPSA) is 62.3 Å². The van der Waals surface area contributed by atoms with Crippen LogP contribution in [0.4, 0.5) is 5.69 Å². The van der Waals surface area contributed by atoms with Crippen LogP contribution in [0.3, 0.4) is 0 Å². The summed E-state index contributed by atoms with van der Waals surface area (Å²) in [5, 5.41) is 2.91. The van der Waals surface area contributed by atoms with Crippen LogP contribution in [-0.4, -0.2) is 34.8 Å². The molecule has 1 N–H and O–H groups in total. The van der Waals surface area contributed by atoms with Crippen molar-refractivity contribution in [1.82, 2.24) is 9.88 Å². The van der Waals surface area contributed by atoms with Gasteiger partial charge in [0.15, 0.2) is 0 Å². The number of nitrogens with zero attached hydrogens (tertiary/aromatic N) is 2. The average Bonchev–Trinajstić information content (AvgIpc) is 2.97. The first-order valence-corrected chi connectivity index (χ1v) is 9.33. The second-order valence-corrected chi connectivity index (χ2v) is 6.60. The van der Waals surface area contributed by atoms with Crippen LogP contribution in [0.25, 0.3) is 0 Å². The summed E-state index contributed by atoms with van der Waals surface area (Å²) in [5.74, 6) is -0.311. The molecule has 0 bridgehead atoms. The maximum Gasteiger partial charge on any atom is 0.274 e. The molecule has 0 unspecified atom stereocenters. The average molecular weight is 351 g/mol. The fourth-order valence-corrected chi connectivity index (χ4v) is 3.28. The molecule has 0 aliphatic carbocycles. The molecule has 1 saturated heterocycles. The van der Waals surface area contributed by atoms with Crippen LogP contribution in [0.5, 0.6) is 0 Å². The van der Waals surface area contributed by atoms with Crippen molar-refractivity contribution < 1.29 is 9.59 Å². The summed E-state index contributed by atoms with van der Waals surface area (Å²) in [7, 11) is 0. The highest BCUT2D eigenvalue weighted by Crippen LogP contribution is 2.17. The largest absolute Gasteiger partial charge is 0.339 e. The number of pyridine rings is 1. The van der Waals surface area contributed by atoms with Crippen LogP contribution >= 0.6 is 0 Å². The van der Waals surface area contributed by atoms with Gasteiger partial charge in [0.1, 0.15) is 5.69 Å². The van der Waals surface area contributed by atoms with E-state index in [9.17, 15) is 9.59 Å². The lowest BCUT2D eigenvalue weighted by Crippen LogP contribution is -2.32. The Morgan fingerprint density at radius 3 is 2.54 bits per heavy atom. The Morgan fingerprint density at radius 1 is 1.08 bits per heavy atom. The Bertz CT molecular complexity index is 780. The van der Waals surface area contributed by atoms with Crippen molar-refractivity contribution >= 4 is 17.5 Å². The number of anilines is 1. The lowest BCUT2D eigenvalue weighted by molar-refractivity contribution is 0.0761. The number of aromatic nitrogens is 1. The number of likely N-dealkylation sites (tertiary alicyclic amines) is 1.